The van der Waals surface area contributed by atoms with E-state index in [1.54, 1.807) is 0 Å². The molecule has 2 aromatic carbocycles. The van der Waals surface area contributed by atoms with Crippen molar-refractivity contribution in [1.29, 1.82) is 0 Å². The number of nitrogens with zero attached hydrogens (tertiary/aromatic N) is 2. The summed E-state index contributed by atoms with van der Waals surface area (Å²) in [5.41, 5.74) is 7.00. The number of aromatic nitrogens is 1. The SMILES string of the molecule is CCN(CC)CCn1c2ccc3c(c2c2c4c(ccc21)C(O)CC4)CCC3=O. The number of aliphatic hydroxyl groups excluding tert-OH is 1. The fourth-order valence-electron chi connectivity index (χ4n) is 5.36. The molecule has 1 aromatic heterocycles. The largest absolute Gasteiger partial charge is 0.388 e. The molecule has 2 aliphatic carbocycles. The molecule has 1 N–H and O–H groups in total. The molecular weight excluding hydrogens is 348 g/mol. The number of aliphatic hydroxyl groups is 1. The van der Waals surface area contributed by atoms with Crippen LogP contribution in [0.15, 0.2) is 24.3 Å². The summed E-state index contributed by atoms with van der Waals surface area (Å²) in [7, 11) is 0. The van der Waals surface area contributed by atoms with E-state index in [1.165, 1.54) is 32.9 Å². The normalized spacial score (nSPS) is 18.6. The third-order valence-corrected chi connectivity index (χ3v) is 6.91. The molecule has 28 heavy (non-hydrogen) atoms. The summed E-state index contributed by atoms with van der Waals surface area (Å²) in [6, 6.07) is 8.49. The first-order chi connectivity index (χ1) is 13.6. The summed E-state index contributed by atoms with van der Waals surface area (Å²) in [4.78, 5) is 14.8. The van der Waals surface area contributed by atoms with E-state index < -0.39 is 0 Å². The van der Waals surface area contributed by atoms with Gasteiger partial charge in [-0.15, -0.1) is 0 Å². The molecule has 0 radical (unpaired) electrons. The number of fused-ring (bicyclic) bond motifs is 7. The molecule has 1 heterocycles. The molecule has 0 aliphatic heterocycles. The molecule has 0 saturated heterocycles. The predicted octanol–water partition coefficient (Wildman–Crippen LogP) is 4.24. The van der Waals surface area contributed by atoms with E-state index in [4.69, 9.17) is 0 Å². The lowest BCUT2D eigenvalue weighted by molar-refractivity contribution is 0.0994. The van der Waals surface area contributed by atoms with Gasteiger partial charge in [-0.3, -0.25) is 4.79 Å². The maximum Gasteiger partial charge on any atom is 0.163 e. The molecule has 0 amide bonds. The van der Waals surface area contributed by atoms with Gasteiger partial charge in [-0.25, -0.2) is 0 Å². The Labute approximate surface area is 165 Å². The Bertz CT molecular complexity index is 1090. The van der Waals surface area contributed by atoms with Crippen LogP contribution in [0.5, 0.6) is 0 Å². The van der Waals surface area contributed by atoms with E-state index >= 15 is 0 Å². The van der Waals surface area contributed by atoms with Gasteiger partial charge >= 0.3 is 0 Å². The van der Waals surface area contributed by atoms with Crippen LogP contribution in [0.2, 0.25) is 0 Å². The zero-order valence-electron chi connectivity index (χ0n) is 16.8. The lowest BCUT2D eigenvalue weighted by atomic mass is 9.97. The standard InChI is InChI=1S/C24H28N2O2/c1-3-25(4-2)13-14-26-19-9-5-15-17(7-11-21(15)27)23(19)24-18-8-12-22(28)16(18)6-10-20(24)26/h5-6,9-10,21,27H,3-4,7-8,11-14H2,1-2H3. The second kappa shape index (κ2) is 6.71. The summed E-state index contributed by atoms with van der Waals surface area (Å²) >= 11 is 0. The fraction of sp³-hybridized carbons (Fsp3) is 0.458. The van der Waals surface area contributed by atoms with Crippen LogP contribution in [0.4, 0.5) is 0 Å². The van der Waals surface area contributed by atoms with Crippen LogP contribution in [0.1, 0.15) is 59.8 Å². The molecule has 3 aromatic rings. The van der Waals surface area contributed by atoms with Crippen molar-refractivity contribution in [2.75, 3.05) is 19.6 Å². The molecule has 0 saturated carbocycles. The van der Waals surface area contributed by atoms with Crippen molar-refractivity contribution >= 4 is 27.6 Å². The maximum atomic E-state index is 12.4. The minimum absolute atomic E-state index is 0.272. The van der Waals surface area contributed by atoms with Crippen LogP contribution < -0.4 is 0 Å². The minimum atomic E-state index is -0.355. The van der Waals surface area contributed by atoms with Gasteiger partial charge in [0.2, 0.25) is 0 Å². The quantitative estimate of drug-likeness (QED) is 0.724. The first kappa shape index (κ1) is 17.9. The second-order valence-corrected chi connectivity index (χ2v) is 8.17. The van der Waals surface area contributed by atoms with Gasteiger partial charge in [-0.05, 0) is 67.2 Å². The van der Waals surface area contributed by atoms with E-state index in [0.717, 1.165) is 56.6 Å². The molecule has 4 heteroatoms. The Hall–Kier alpha value is -2.17. The van der Waals surface area contributed by atoms with E-state index in [2.05, 4.69) is 41.5 Å². The van der Waals surface area contributed by atoms with Crippen LogP contribution in [0.3, 0.4) is 0 Å². The highest BCUT2D eigenvalue weighted by Gasteiger charge is 2.29. The monoisotopic (exact) mass is 376 g/mol. The number of hydrogen-bond acceptors (Lipinski definition) is 3. The minimum Gasteiger partial charge on any atom is -0.388 e. The van der Waals surface area contributed by atoms with Crippen molar-refractivity contribution in [2.45, 2.75) is 52.2 Å². The van der Waals surface area contributed by atoms with Crippen molar-refractivity contribution in [3.05, 3.63) is 46.5 Å². The van der Waals surface area contributed by atoms with Gasteiger partial charge in [-0.2, -0.15) is 0 Å². The van der Waals surface area contributed by atoms with E-state index in [1.807, 2.05) is 6.07 Å². The van der Waals surface area contributed by atoms with Gasteiger partial charge in [0.05, 0.1) is 6.10 Å². The summed E-state index contributed by atoms with van der Waals surface area (Å²) in [6.45, 7) is 8.49. The van der Waals surface area contributed by atoms with E-state index in [9.17, 15) is 9.90 Å². The summed E-state index contributed by atoms with van der Waals surface area (Å²) in [5.74, 6) is 0.272. The molecule has 0 spiro atoms. The second-order valence-electron chi connectivity index (χ2n) is 8.17. The number of hydrogen-bond donors (Lipinski definition) is 1. The van der Waals surface area contributed by atoms with Crippen molar-refractivity contribution in [1.82, 2.24) is 9.47 Å². The molecule has 5 rings (SSSR count). The van der Waals surface area contributed by atoms with Crippen molar-refractivity contribution < 1.29 is 9.90 Å². The first-order valence-corrected chi connectivity index (χ1v) is 10.7. The smallest absolute Gasteiger partial charge is 0.163 e. The lowest BCUT2D eigenvalue weighted by Gasteiger charge is -2.19. The molecule has 1 atom stereocenters. The highest BCUT2D eigenvalue weighted by molar-refractivity contribution is 6.16. The van der Waals surface area contributed by atoms with E-state index in [-0.39, 0.29) is 11.9 Å². The van der Waals surface area contributed by atoms with Gasteiger partial charge in [0, 0.05) is 46.9 Å². The third kappa shape index (κ3) is 2.48. The number of ketones is 1. The average Bonchev–Trinajstić information content (AvgIpc) is 3.37. The van der Waals surface area contributed by atoms with Gasteiger partial charge in [0.1, 0.15) is 0 Å². The van der Waals surface area contributed by atoms with Crippen molar-refractivity contribution in [3.8, 4) is 0 Å². The Morgan fingerprint density at radius 3 is 2.46 bits per heavy atom. The Balaban J connectivity index is 1.79. The number of carbonyl (C=O) groups is 1. The maximum absolute atomic E-state index is 12.4. The lowest BCUT2D eigenvalue weighted by Crippen LogP contribution is -2.26. The Morgan fingerprint density at radius 1 is 1.00 bits per heavy atom. The zero-order valence-corrected chi connectivity index (χ0v) is 16.8. The first-order valence-electron chi connectivity index (χ1n) is 10.7. The summed E-state index contributed by atoms with van der Waals surface area (Å²) in [5, 5.41) is 13.0. The van der Waals surface area contributed by atoms with Crippen LogP contribution in [0, 0.1) is 0 Å². The van der Waals surface area contributed by atoms with Gasteiger partial charge < -0.3 is 14.6 Å². The van der Waals surface area contributed by atoms with Crippen molar-refractivity contribution in [3.63, 3.8) is 0 Å². The van der Waals surface area contributed by atoms with Gasteiger partial charge in [0.25, 0.3) is 0 Å². The molecule has 4 nitrogen and oxygen atoms in total. The molecule has 2 aliphatic rings. The number of Topliss-reactive ketones (excluding diaryl/α,β-unsaturated/α-hetero) is 1. The number of rotatable bonds is 5. The topological polar surface area (TPSA) is 45.5 Å². The van der Waals surface area contributed by atoms with Crippen LogP contribution in [-0.4, -0.2) is 40.0 Å². The molecular formula is C24H28N2O2. The van der Waals surface area contributed by atoms with E-state index in [0.29, 0.717) is 6.42 Å². The molecule has 1 unspecified atom stereocenters. The van der Waals surface area contributed by atoms with Gasteiger partial charge in [0.15, 0.2) is 5.78 Å². The van der Waals surface area contributed by atoms with Crippen LogP contribution >= 0.6 is 0 Å². The Morgan fingerprint density at radius 2 is 1.71 bits per heavy atom. The van der Waals surface area contributed by atoms with Gasteiger partial charge in [-0.1, -0.05) is 19.9 Å². The molecule has 146 valence electrons. The van der Waals surface area contributed by atoms with Crippen molar-refractivity contribution in [2.24, 2.45) is 0 Å². The summed E-state index contributed by atoms with van der Waals surface area (Å²) < 4.78 is 2.44. The number of benzene rings is 2. The summed E-state index contributed by atoms with van der Waals surface area (Å²) in [6.07, 6.45) is 2.83. The molecule has 0 fully saturated rings. The zero-order chi connectivity index (χ0) is 19.4. The predicted molar refractivity (Wildman–Crippen MR) is 113 cm³/mol. The fourth-order valence-corrected chi connectivity index (χ4v) is 5.36. The van der Waals surface area contributed by atoms with Crippen LogP contribution in [0.25, 0.3) is 21.8 Å². The highest BCUT2D eigenvalue weighted by atomic mass is 16.3. The Kier molecular flexibility index (Phi) is 4.29. The third-order valence-electron chi connectivity index (χ3n) is 6.91. The number of likely N-dealkylation sites (N-methyl/N-ethyl adjacent to an activating group) is 1. The number of carbonyl (C=O) groups excluding carboxylic acids is 1. The highest BCUT2D eigenvalue weighted by Crippen LogP contribution is 2.43. The molecule has 0 bridgehead atoms. The average molecular weight is 377 g/mol. The number of aryl methyl sites for hydroxylation is 2. The van der Waals surface area contributed by atoms with Crippen LogP contribution in [-0.2, 0) is 19.4 Å².